The first-order valence-corrected chi connectivity index (χ1v) is 0.667. The van der Waals surface area contributed by atoms with E-state index in [0.717, 1.165) is 0 Å². The second-order valence-electron chi connectivity index (χ2n) is 0.204. The van der Waals surface area contributed by atoms with Gasteiger partial charge in [0.15, 0.2) is 0 Å². The van der Waals surface area contributed by atoms with E-state index in [2.05, 4.69) is 15.1 Å². The maximum absolute atomic E-state index is 8.48. The third-order valence-corrected chi connectivity index (χ3v) is 0.0556. The van der Waals surface area contributed by atoms with Crippen molar-refractivity contribution in [2.45, 2.75) is 0 Å². The van der Waals surface area contributed by atoms with Gasteiger partial charge in [0.05, 0.1) is 0 Å². The van der Waals surface area contributed by atoms with Crippen LogP contribution in [0, 0.1) is 0 Å². The maximum Gasteiger partial charge on any atom is 1.00 e. The third kappa shape index (κ3) is 18.2. The molecule has 0 aromatic rings. The second kappa shape index (κ2) is 15.7. The SMILES string of the molecule is [Na+].[Na+].[O-]OOO[O-]. The fourth-order valence-corrected chi connectivity index (χ4v) is 0.0113. The molecule has 0 fully saturated rings. The summed E-state index contributed by atoms with van der Waals surface area (Å²) in [5.74, 6) is 0. The molecule has 0 radical (unpaired) electrons. The third-order valence-electron chi connectivity index (χ3n) is 0.0556. The van der Waals surface area contributed by atoms with Crippen LogP contribution in [0.3, 0.4) is 0 Å². The fourth-order valence-electron chi connectivity index (χ4n) is 0.0113. The Bertz CT molecular complexity index is 13.6. The van der Waals surface area contributed by atoms with Crippen molar-refractivity contribution >= 4 is 0 Å². The summed E-state index contributed by atoms with van der Waals surface area (Å²) in [6.07, 6.45) is 0. The standard InChI is InChI=1S/2Na.H2O5/c;;1-3-5-4-2/h;;1-2H/q2*+1;/p-2. The van der Waals surface area contributed by atoms with Gasteiger partial charge in [-0.3, -0.25) is 10.1 Å². The van der Waals surface area contributed by atoms with Gasteiger partial charge in [-0.1, -0.05) is 5.04 Å². The van der Waals surface area contributed by atoms with Crippen LogP contribution in [0.5, 0.6) is 0 Å². The normalized spacial score (nSPS) is 6.00. The fraction of sp³-hybridized carbons (Fsp3) is 0. The minimum Gasteiger partial charge on any atom is -0.690 e. The van der Waals surface area contributed by atoms with Crippen LogP contribution in [0.2, 0.25) is 0 Å². The van der Waals surface area contributed by atoms with Crippen LogP contribution >= 0.6 is 0 Å². The predicted octanol–water partition coefficient (Wildman–Crippen LogP) is -8.58. The van der Waals surface area contributed by atoms with Crippen molar-refractivity contribution in [1.29, 1.82) is 0 Å². The summed E-state index contributed by atoms with van der Waals surface area (Å²) in [5, 5.41) is 24.5. The van der Waals surface area contributed by atoms with Crippen LogP contribution in [0.4, 0.5) is 0 Å². The van der Waals surface area contributed by atoms with Crippen LogP contribution in [-0.2, 0) is 15.1 Å². The van der Waals surface area contributed by atoms with E-state index in [1.807, 2.05) is 0 Å². The van der Waals surface area contributed by atoms with Crippen molar-refractivity contribution in [3.63, 3.8) is 0 Å². The molecule has 0 saturated heterocycles. The Morgan fingerprint density at radius 1 is 0.857 bits per heavy atom. The summed E-state index contributed by atoms with van der Waals surface area (Å²) in [6.45, 7) is 0. The van der Waals surface area contributed by atoms with E-state index in [1.54, 1.807) is 0 Å². The molecule has 0 aliphatic heterocycles. The molecule has 7 heavy (non-hydrogen) atoms. The van der Waals surface area contributed by atoms with Crippen molar-refractivity contribution in [2.24, 2.45) is 0 Å². The van der Waals surface area contributed by atoms with Gasteiger partial charge in [-0.15, -0.1) is 0 Å². The summed E-state index contributed by atoms with van der Waals surface area (Å²) < 4.78 is 0. The molecule has 0 aromatic carbocycles. The van der Waals surface area contributed by atoms with Gasteiger partial charge in [0.1, 0.15) is 0 Å². The molecule has 0 amide bonds. The van der Waals surface area contributed by atoms with Crippen molar-refractivity contribution < 1.29 is 84.7 Å². The first kappa shape index (κ1) is 15.9. The number of rotatable bonds is 2. The largest absolute Gasteiger partial charge is 1.00 e. The minimum atomic E-state index is 0. The van der Waals surface area contributed by atoms with Gasteiger partial charge in [0, 0.05) is 0 Å². The van der Waals surface area contributed by atoms with E-state index in [1.165, 1.54) is 0 Å². The molecule has 0 unspecified atom stereocenters. The average molecular weight is 126 g/mol. The zero-order valence-corrected chi connectivity index (χ0v) is 8.04. The molecule has 0 saturated carbocycles. The zero-order valence-electron chi connectivity index (χ0n) is 4.04. The second-order valence-corrected chi connectivity index (χ2v) is 0.204. The Morgan fingerprint density at radius 2 is 1.14 bits per heavy atom. The molecule has 5 nitrogen and oxygen atoms in total. The van der Waals surface area contributed by atoms with Gasteiger partial charge in [0.25, 0.3) is 0 Å². The van der Waals surface area contributed by atoms with E-state index in [0.29, 0.717) is 0 Å². The summed E-state index contributed by atoms with van der Waals surface area (Å²) in [7, 11) is 0. The zero-order chi connectivity index (χ0) is 4.12. The molecule has 0 rings (SSSR count). The Kier molecular flexibility index (Phi) is 35.6. The molecule has 0 aromatic heterocycles. The van der Waals surface area contributed by atoms with Gasteiger partial charge in [-0.2, -0.15) is 0 Å². The first-order chi connectivity index (χ1) is 2.41. The smallest absolute Gasteiger partial charge is 0.690 e. The predicted molar refractivity (Wildman–Crippen MR) is 3.25 cm³/mol. The average Bonchev–Trinajstić information content (AvgIpc) is 1.41. The first-order valence-electron chi connectivity index (χ1n) is 0.667. The Labute approximate surface area is 83.8 Å². The summed E-state index contributed by atoms with van der Waals surface area (Å²) in [5.41, 5.74) is 0. The van der Waals surface area contributed by atoms with Crippen molar-refractivity contribution in [2.75, 3.05) is 0 Å². The monoisotopic (exact) mass is 126 g/mol. The quantitative estimate of drug-likeness (QED) is 0.208. The van der Waals surface area contributed by atoms with E-state index >= 15 is 0 Å². The van der Waals surface area contributed by atoms with Gasteiger partial charge in [-0.25, -0.2) is 0 Å². The molecular weight excluding hydrogens is 126 g/mol. The van der Waals surface area contributed by atoms with E-state index in [-0.39, 0.29) is 59.1 Å². The van der Waals surface area contributed by atoms with E-state index < -0.39 is 0 Å². The Balaban J connectivity index is -0.0000000800. The summed E-state index contributed by atoms with van der Waals surface area (Å²) in [4.78, 5) is 0. The van der Waals surface area contributed by atoms with Crippen LogP contribution in [0.15, 0.2) is 0 Å². The van der Waals surface area contributed by atoms with Gasteiger partial charge >= 0.3 is 59.1 Å². The van der Waals surface area contributed by atoms with Gasteiger partial charge in [0.2, 0.25) is 0 Å². The van der Waals surface area contributed by atoms with E-state index in [4.69, 9.17) is 10.5 Å². The van der Waals surface area contributed by atoms with Crippen LogP contribution in [-0.4, -0.2) is 0 Å². The Morgan fingerprint density at radius 3 is 1.14 bits per heavy atom. The molecule has 0 aliphatic rings. The molecule has 0 spiro atoms. The van der Waals surface area contributed by atoms with Gasteiger partial charge in [-0.05, 0) is 0 Å². The van der Waals surface area contributed by atoms with Crippen LogP contribution < -0.4 is 69.6 Å². The molecular formula is Na2O5. The van der Waals surface area contributed by atoms with Crippen LogP contribution in [0.1, 0.15) is 0 Å². The van der Waals surface area contributed by atoms with Gasteiger partial charge < -0.3 is 10.5 Å². The van der Waals surface area contributed by atoms with Crippen LogP contribution in [0.25, 0.3) is 0 Å². The number of hydrogen-bond donors (Lipinski definition) is 0. The maximum atomic E-state index is 8.48. The number of hydrogen-bond acceptors (Lipinski definition) is 5. The van der Waals surface area contributed by atoms with Crippen molar-refractivity contribution in [3.8, 4) is 0 Å². The summed E-state index contributed by atoms with van der Waals surface area (Å²) in [6, 6.07) is 0. The molecule has 0 heterocycles. The topological polar surface area (TPSA) is 73.8 Å². The molecule has 0 N–H and O–H groups in total. The Hall–Kier alpha value is 1.80. The summed E-state index contributed by atoms with van der Waals surface area (Å²) >= 11 is 0. The molecule has 32 valence electrons. The van der Waals surface area contributed by atoms with Crippen molar-refractivity contribution in [3.05, 3.63) is 0 Å². The minimum absolute atomic E-state index is 0. The molecule has 0 bridgehead atoms. The van der Waals surface area contributed by atoms with Crippen molar-refractivity contribution in [1.82, 2.24) is 0 Å². The molecule has 0 atom stereocenters. The molecule has 0 aliphatic carbocycles. The van der Waals surface area contributed by atoms with E-state index in [9.17, 15) is 0 Å². The molecule has 7 heteroatoms.